The highest BCUT2D eigenvalue weighted by molar-refractivity contribution is 7.92. The van der Waals surface area contributed by atoms with E-state index in [4.69, 9.17) is 0 Å². The van der Waals surface area contributed by atoms with Crippen molar-refractivity contribution >= 4 is 15.7 Å². The standard InChI is InChI=1S/C16H14F3N5O2S/c1-10-7-8-12(9-14(10)24-11(2)20-22-23-24)21-27(25,26)15-6-4-3-5-13(15)16(17,18)19/h3-9,21H,1-2H3. The molecule has 0 spiro atoms. The van der Waals surface area contributed by atoms with Crippen LogP contribution in [0.4, 0.5) is 18.9 Å². The van der Waals surface area contributed by atoms with Gasteiger partial charge in [0.25, 0.3) is 10.0 Å². The van der Waals surface area contributed by atoms with Gasteiger partial charge in [-0.05, 0) is 54.1 Å². The molecule has 0 saturated carbocycles. The number of hydrogen-bond donors (Lipinski definition) is 1. The molecule has 11 heteroatoms. The summed E-state index contributed by atoms with van der Waals surface area (Å²) < 4.78 is 68.1. The van der Waals surface area contributed by atoms with Gasteiger partial charge < -0.3 is 0 Å². The van der Waals surface area contributed by atoms with Crippen LogP contribution in [0.15, 0.2) is 47.4 Å². The minimum absolute atomic E-state index is 0.0856. The Hall–Kier alpha value is -2.95. The lowest BCUT2D eigenvalue weighted by Crippen LogP contribution is -2.19. The second kappa shape index (κ2) is 6.65. The predicted octanol–water partition coefficient (Wildman–Crippen LogP) is 3.10. The Balaban J connectivity index is 2.03. The monoisotopic (exact) mass is 397 g/mol. The molecule has 3 aromatic rings. The summed E-state index contributed by atoms with van der Waals surface area (Å²) in [6.45, 7) is 3.43. The Morgan fingerprint density at radius 3 is 2.41 bits per heavy atom. The van der Waals surface area contributed by atoms with E-state index in [0.717, 1.165) is 23.8 Å². The highest BCUT2D eigenvalue weighted by Gasteiger charge is 2.36. The van der Waals surface area contributed by atoms with Gasteiger partial charge in [0.05, 0.1) is 21.8 Å². The number of sulfonamides is 1. The average Bonchev–Trinajstić information content (AvgIpc) is 3.01. The predicted molar refractivity (Wildman–Crippen MR) is 90.9 cm³/mol. The van der Waals surface area contributed by atoms with Crippen LogP contribution in [-0.4, -0.2) is 28.6 Å². The second-order valence-electron chi connectivity index (χ2n) is 5.74. The summed E-state index contributed by atoms with van der Waals surface area (Å²) in [6.07, 6.45) is -4.80. The number of nitrogens with one attached hydrogen (secondary N) is 1. The molecule has 0 unspecified atom stereocenters. The first-order chi connectivity index (χ1) is 12.6. The molecule has 1 aromatic heterocycles. The smallest absolute Gasteiger partial charge is 0.280 e. The van der Waals surface area contributed by atoms with Crippen LogP contribution in [0.2, 0.25) is 0 Å². The number of alkyl halides is 3. The van der Waals surface area contributed by atoms with Crippen molar-refractivity contribution in [3.05, 3.63) is 59.4 Å². The van der Waals surface area contributed by atoms with Gasteiger partial charge in [-0.25, -0.2) is 8.42 Å². The molecular formula is C16H14F3N5O2S. The molecule has 0 fully saturated rings. The number of aryl methyl sites for hydroxylation is 2. The van der Waals surface area contributed by atoms with Gasteiger partial charge >= 0.3 is 6.18 Å². The van der Waals surface area contributed by atoms with E-state index in [2.05, 4.69) is 20.2 Å². The van der Waals surface area contributed by atoms with Gasteiger partial charge in [-0.2, -0.15) is 17.9 Å². The van der Waals surface area contributed by atoms with Crippen molar-refractivity contribution in [1.82, 2.24) is 20.2 Å². The summed E-state index contributed by atoms with van der Waals surface area (Å²) in [7, 11) is -4.47. The maximum Gasteiger partial charge on any atom is 0.417 e. The molecule has 7 nitrogen and oxygen atoms in total. The Labute approximate surface area is 152 Å². The molecule has 27 heavy (non-hydrogen) atoms. The summed E-state index contributed by atoms with van der Waals surface area (Å²) in [4.78, 5) is -0.849. The van der Waals surface area contributed by atoms with Crippen LogP contribution in [0, 0.1) is 13.8 Å². The van der Waals surface area contributed by atoms with Crippen molar-refractivity contribution in [1.29, 1.82) is 0 Å². The SMILES string of the molecule is Cc1ccc(NS(=O)(=O)c2ccccc2C(F)(F)F)cc1-n1nnnc1C. The van der Waals surface area contributed by atoms with Crippen molar-refractivity contribution in [2.75, 3.05) is 4.72 Å². The van der Waals surface area contributed by atoms with E-state index in [-0.39, 0.29) is 5.69 Å². The number of halogens is 3. The lowest BCUT2D eigenvalue weighted by molar-refractivity contribution is -0.139. The first-order valence-corrected chi connectivity index (χ1v) is 9.13. The minimum atomic E-state index is -4.80. The van der Waals surface area contributed by atoms with Crippen LogP contribution in [-0.2, 0) is 16.2 Å². The zero-order valence-corrected chi connectivity index (χ0v) is 15.0. The zero-order valence-electron chi connectivity index (χ0n) is 14.2. The number of anilines is 1. The Kier molecular flexibility index (Phi) is 4.64. The largest absolute Gasteiger partial charge is 0.417 e. The molecule has 0 amide bonds. The second-order valence-corrected chi connectivity index (χ2v) is 7.39. The average molecular weight is 397 g/mol. The van der Waals surface area contributed by atoms with Gasteiger partial charge in [0.1, 0.15) is 0 Å². The molecule has 2 aromatic carbocycles. The van der Waals surface area contributed by atoms with Crippen molar-refractivity contribution in [2.45, 2.75) is 24.9 Å². The molecule has 1 heterocycles. The van der Waals surface area contributed by atoms with Crippen LogP contribution in [0.5, 0.6) is 0 Å². The molecular weight excluding hydrogens is 383 g/mol. The normalized spacial score (nSPS) is 12.2. The number of rotatable bonds is 4. The zero-order chi connectivity index (χ0) is 19.8. The summed E-state index contributed by atoms with van der Waals surface area (Å²) in [5.74, 6) is 0.473. The maximum atomic E-state index is 13.1. The summed E-state index contributed by atoms with van der Waals surface area (Å²) >= 11 is 0. The Morgan fingerprint density at radius 2 is 1.78 bits per heavy atom. The maximum absolute atomic E-state index is 13.1. The van der Waals surface area contributed by atoms with Gasteiger partial charge in [-0.1, -0.05) is 18.2 Å². The molecule has 3 rings (SSSR count). The van der Waals surface area contributed by atoms with Crippen molar-refractivity contribution in [3.8, 4) is 5.69 Å². The molecule has 0 bridgehead atoms. The van der Waals surface area contributed by atoms with Crippen molar-refractivity contribution < 1.29 is 21.6 Å². The molecule has 0 atom stereocenters. The van der Waals surface area contributed by atoms with Crippen LogP contribution >= 0.6 is 0 Å². The highest BCUT2D eigenvalue weighted by Crippen LogP contribution is 2.34. The highest BCUT2D eigenvalue weighted by atomic mass is 32.2. The van der Waals surface area contributed by atoms with E-state index in [1.807, 2.05) is 0 Å². The van der Waals surface area contributed by atoms with E-state index >= 15 is 0 Å². The van der Waals surface area contributed by atoms with E-state index in [9.17, 15) is 21.6 Å². The third-order valence-electron chi connectivity index (χ3n) is 3.80. The topological polar surface area (TPSA) is 89.8 Å². The van der Waals surface area contributed by atoms with E-state index in [0.29, 0.717) is 11.5 Å². The fourth-order valence-corrected chi connectivity index (χ4v) is 3.78. The quantitative estimate of drug-likeness (QED) is 0.731. The van der Waals surface area contributed by atoms with Gasteiger partial charge in [0, 0.05) is 0 Å². The summed E-state index contributed by atoms with van der Waals surface area (Å²) in [5.41, 5.74) is 0.106. The number of nitrogens with zero attached hydrogens (tertiary/aromatic N) is 4. The van der Waals surface area contributed by atoms with Gasteiger partial charge in [-0.15, -0.1) is 5.10 Å². The van der Waals surface area contributed by atoms with Crippen LogP contribution in [0.1, 0.15) is 17.0 Å². The Bertz CT molecular complexity index is 1090. The van der Waals surface area contributed by atoms with Crippen LogP contribution in [0.3, 0.4) is 0 Å². The van der Waals surface area contributed by atoms with E-state index in [1.165, 1.54) is 22.9 Å². The fourth-order valence-electron chi connectivity index (χ4n) is 2.50. The van der Waals surface area contributed by atoms with Gasteiger partial charge in [-0.3, -0.25) is 4.72 Å². The lowest BCUT2D eigenvalue weighted by atomic mass is 10.2. The molecule has 142 valence electrons. The van der Waals surface area contributed by atoms with Gasteiger partial charge in [0.15, 0.2) is 5.82 Å². The lowest BCUT2D eigenvalue weighted by Gasteiger charge is -2.15. The minimum Gasteiger partial charge on any atom is -0.280 e. The van der Waals surface area contributed by atoms with E-state index < -0.39 is 26.7 Å². The van der Waals surface area contributed by atoms with Gasteiger partial charge in [0.2, 0.25) is 0 Å². The molecule has 0 aliphatic carbocycles. The molecule has 0 radical (unpaired) electrons. The molecule has 0 aliphatic rings. The summed E-state index contributed by atoms with van der Waals surface area (Å²) in [6, 6.07) is 8.51. The Morgan fingerprint density at radius 1 is 1.07 bits per heavy atom. The first-order valence-electron chi connectivity index (χ1n) is 7.64. The summed E-state index contributed by atoms with van der Waals surface area (Å²) in [5, 5.41) is 11.1. The number of benzene rings is 2. The van der Waals surface area contributed by atoms with Crippen molar-refractivity contribution in [3.63, 3.8) is 0 Å². The third-order valence-corrected chi connectivity index (χ3v) is 5.24. The first kappa shape index (κ1) is 18.8. The number of hydrogen-bond acceptors (Lipinski definition) is 5. The number of tetrazole rings is 1. The van der Waals surface area contributed by atoms with Crippen molar-refractivity contribution in [2.24, 2.45) is 0 Å². The molecule has 1 N–H and O–H groups in total. The molecule has 0 saturated heterocycles. The van der Waals surface area contributed by atoms with Crippen LogP contribution < -0.4 is 4.72 Å². The third kappa shape index (κ3) is 3.77. The van der Waals surface area contributed by atoms with Crippen LogP contribution in [0.25, 0.3) is 5.69 Å². The van der Waals surface area contributed by atoms with E-state index in [1.54, 1.807) is 19.9 Å². The fraction of sp³-hybridized carbons (Fsp3) is 0.188. The molecule has 0 aliphatic heterocycles. The number of aromatic nitrogens is 4.